The Morgan fingerprint density at radius 1 is 1.48 bits per heavy atom. The first-order chi connectivity index (χ1) is 10.2. The van der Waals surface area contributed by atoms with E-state index in [-0.39, 0.29) is 11.8 Å². The zero-order chi connectivity index (χ0) is 14.8. The van der Waals surface area contributed by atoms with E-state index in [1.165, 1.54) is 0 Å². The average molecular weight is 285 g/mol. The summed E-state index contributed by atoms with van der Waals surface area (Å²) in [5.74, 6) is 0.311. The van der Waals surface area contributed by atoms with E-state index in [0.29, 0.717) is 29.8 Å². The number of hydrogen-bond acceptors (Lipinski definition) is 4. The minimum absolute atomic E-state index is 0.0937. The number of methoxy groups -OCH3 is 1. The zero-order valence-electron chi connectivity index (χ0n) is 11.6. The van der Waals surface area contributed by atoms with Crippen molar-refractivity contribution in [1.82, 2.24) is 10.3 Å². The second kappa shape index (κ2) is 5.40. The second-order valence-electron chi connectivity index (χ2n) is 4.90. The first-order valence-corrected chi connectivity index (χ1v) is 6.70. The Labute approximate surface area is 121 Å². The van der Waals surface area contributed by atoms with Gasteiger partial charge in [0.15, 0.2) is 0 Å². The maximum absolute atomic E-state index is 12.2. The molecule has 0 radical (unpaired) electrons. The summed E-state index contributed by atoms with van der Waals surface area (Å²) >= 11 is 0. The largest absolute Gasteiger partial charge is 0.497 e. The summed E-state index contributed by atoms with van der Waals surface area (Å²) in [5, 5.41) is 6.35. The van der Waals surface area contributed by atoms with E-state index < -0.39 is 6.04 Å². The number of carbonyl (C=O) groups is 2. The van der Waals surface area contributed by atoms with E-state index in [1.807, 2.05) is 18.2 Å². The van der Waals surface area contributed by atoms with Crippen LogP contribution in [-0.2, 0) is 9.59 Å². The molecule has 21 heavy (non-hydrogen) atoms. The van der Waals surface area contributed by atoms with Crippen LogP contribution in [0, 0.1) is 0 Å². The second-order valence-corrected chi connectivity index (χ2v) is 4.90. The number of amides is 2. The fourth-order valence-corrected chi connectivity index (χ4v) is 2.41. The number of anilines is 1. The molecule has 108 valence electrons. The monoisotopic (exact) mass is 285 g/mol. The van der Waals surface area contributed by atoms with Crippen molar-refractivity contribution in [2.24, 2.45) is 0 Å². The van der Waals surface area contributed by atoms with Crippen molar-refractivity contribution in [3.05, 3.63) is 30.5 Å². The van der Waals surface area contributed by atoms with E-state index in [0.717, 1.165) is 5.39 Å². The van der Waals surface area contributed by atoms with Crippen LogP contribution in [0.25, 0.3) is 10.9 Å². The van der Waals surface area contributed by atoms with Crippen LogP contribution in [0.1, 0.15) is 12.8 Å². The predicted octanol–water partition coefficient (Wildman–Crippen LogP) is 1.46. The van der Waals surface area contributed by atoms with Gasteiger partial charge in [0.25, 0.3) is 0 Å². The Morgan fingerprint density at radius 2 is 2.33 bits per heavy atom. The van der Waals surface area contributed by atoms with Crippen LogP contribution in [0.3, 0.4) is 0 Å². The molecule has 2 aromatic rings. The highest BCUT2D eigenvalue weighted by atomic mass is 16.5. The summed E-state index contributed by atoms with van der Waals surface area (Å²) in [6, 6.07) is 6.82. The standard InChI is InChI=1S/C15H15N3O3/c1-21-10-7-9-3-2-6-16-14(9)12(8-10)18-15(20)11-4-5-13(19)17-11/h2-3,6-8,11H,4-5H2,1H3,(H,17,19)(H,18,20). The molecule has 3 rings (SSSR count). The number of aromatic nitrogens is 1. The highest BCUT2D eigenvalue weighted by Gasteiger charge is 2.27. The summed E-state index contributed by atoms with van der Waals surface area (Å²) in [6.45, 7) is 0. The molecule has 6 heteroatoms. The quantitative estimate of drug-likeness (QED) is 0.894. The van der Waals surface area contributed by atoms with Crippen LogP contribution in [0.2, 0.25) is 0 Å². The van der Waals surface area contributed by atoms with E-state index in [1.54, 1.807) is 19.4 Å². The number of rotatable bonds is 3. The van der Waals surface area contributed by atoms with Gasteiger partial charge in [0.05, 0.1) is 18.3 Å². The van der Waals surface area contributed by atoms with Crippen LogP contribution in [0.15, 0.2) is 30.5 Å². The van der Waals surface area contributed by atoms with E-state index in [4.69, 9.17) is 4.74 Å². The number of ether oxygens (including phenoxy) is 1. The van der Waals surface area contributed by atoms with Gasteiger partial charge in [-0.05, 0) is 18.6 Å². The molecule has 2 heterocycles. The molecule has 2 amide bonds. The van der Waals surface area contributed by atoms with Gasteiger partial charge >= 0.3 is 0 Å². The lowest BCUT2D eigenvalue weighted by Gasteiger charge is -2.13. The van der Waals surface area contributed by atoms with Crippen molar-refractivity contribution in [3.63, 3.8) is 0 Å². The lowest BCUT2D eigenvalue weighted by molar-refractivity contribution is -0.122. The minimum Gasteiger partial charge on any atom is -0.497 e. The summed E-state index contributed by atoms with van der Waals surface area (Å²) in [5.41, 5.74) is 1.27. The molecule has 0 saturated carbocycles. The normalized spacial score (nSPS) is 17.6. The van der Waals surface area contributed by atoms with Gasteiger partial charge in [-0.1, -0.05) is 6.07 Å². The van der Waals surface area contributed by atoms with Gasteiger partial charge in [0, 0.05) is 24.1 Å². The number of benzene rings is 1. The van der Waals surface area contributed by atoms with Gasteiger partial charge < -0.3 is 15.4 Å². The predicted molar refractivity (Wildman–Crippen MR) is 78.1 cm³/mol. The Balaban J connectivity index is 1.92. The molecule has 1 aromatic heterocycles. The van der Waals surface area contributed by atoms with E-state index >= 15 is 0 Å². The number of nitrogens with one attached hydrogen (secondary N) is 2. The maximum atomic E-state index is 12.2. The molecule has 1 unspecified atom stereocenters. The van der Waals surface area contributed by atoms with Gasteiger partial charge in [0.2, 0.25) is 11.8 Å². The first kappa shape index (κ1) is 13.4. The molecule has 2 N–H and O–H groups in total. The molecule has 6 nitrogen and oxygen atoms in total. The molecular formula is C15H15N3O3. The number of pyridine rings is 1. The molecule has 1 fully saturated rings. The van der Waals surface area contributed by atoms with Crippen molar-refractivity contribution < 1.29 is 14.3 Å². The van der Waals surface area contributed by atoms with Crippen molar-refractivity contribution >= 4 is 28.4 Å². The molecular weight excluding hydrogens is 270 g/mol. The van der Waals surface area contributed by atoms with Gasteiger partial charge in [-0.25, -0.2) is 0 Å². The maximum Gasteiger partial charge on any atom is 0.247 e. The summed E-state index contributed by atoms with van der Waals surface area (Å²) < 4.78 is 5.24. The fraction of sp³-hybridized carbons (Fsp3) is 0.267. The molecule has 0 aliphatic carbocycles. The van der Waals surface area contributed by atoms with Crippen molar-refractivity contribution in [2.75, 3.05) is 12.4 Å². The summed E-state index contributed by atoms with van der Waals surface area (Å²) in [7, 11) is 1.57. The SMILES string of the molecule is COc1cc(NC(=O)C2CCC(=O)N2)c2ncccc2c1. The van der Waals surface area contributed by atoms with Gasteiger partial charge in [0.1, 0.15) is 11.8 Å². The van der Waals surface area contributed by atoms with Crippen molar-refractivity contribution in [1.29, 1.82) is 0 Å². The van der Waals surface area contributed by atoms with Crippen LogP contribution in [-0.4, -0.2) is 29.9 Å². The molecule has 0 bridgehead atoms. The van der Waals surface area contributed by atoms with Crippen LogP contribution in [0.4, 0.5) is 5.69 Å². The Hall–Kier alpha value is -2.63. The fourth-order valence-electron chi connectivity index (χ4n) is 2.41. The van der Waals surface area contributed by atoms with E-state index in [2.05, 4.69) is 15.6 Å². The minimum atomic E-state index is -0.484. The lowest BCUT2D eigenvalue weighted by atomic mass is 10.1. The number of fused-ring (bicyclic) bond motifs is 1. The Kier molecular flexibility index (Phi) is 3.43. The smallest absolute Gasteiger partial charge is 0.247 e. The van der Waals surface area contributed by atoms with Crippen molar-refractivity contribution in [3.8, 4) is 5.75 Å². The molecule has 1 saturated heterocycles. The lowest BCUT2D eigenvalue weighted by Crippen LogP contribution is -2.37. The highest BCUT2D eigenvalue weighted by Crippen LogP contribution is 2.28. The van der Waals surface area contributed by atoms with Crippen LogP contribution >= 0.6 is 0 Å². The third kappa shape index (κ3) is 2.65. The highest BCUT2D eigenvalue weighted by molar-refractivity contribution is 6.04. The molecule has 0 spiro atoms. The Morgan fingerprint density at radius 3 is 3.05 bits per heavy atom. The average Bonchev–Trinajstić information content (AvgIpc) is 2.93. The number of carbonyl (C=O) groups excluding carboxylic acids is 2. The zero-order valence-corrected chi connectivity index (χ0v) is 11.6. The third-order valence-electron chi connectivity index (χ3n) is 3.48. The number of hydrogen-bond donors (Lipinski definition) is 2. The molecule has 1 aliphatic heterocycles. The van der Waals surface area contributed by atoms with Crippen LogP contribution < -0.4 is 15.4 Å². The third-order valence-corrected chi connectivity index (χ3v) is 3.48. The molecule has 1 aliphatic rings. The number of nitrogens with zero attached hydrogens (tertiary/aromatic N) is 1. The summed E-state index contributed by atoms with van der Waals surface area (Å²) in [6.07, 6.45) is 2.57. The van der Waals surface area contributed by atoms with E-state index in [9.17, 15) is 9.59 Å². The summed E-state index contributed by atoms with van der Waals surface area (Å²) in [4.78, 5) is 27.7. The van der Waals surface area contributed by atoms with Gasteiger partial charge in [-0.2, -0.15) is 0 Å². The van der Waals surface area contributed by atoms with Gasteiger partial charge in [-0.3, -0.25) is 14.6 Å². The van der Waals surface area contributed by atoms with Crippen molar-refractivity contribution in [2.45, 2.75) is 18.9 Å². The molecule has 1 atom stereocenters. The first-order valence-electron chi connectivity index (χ1n) is 6.70. The van der Waals surface area contributed by atoms with Gasteiger partial charge in [-0.15, -0.1) is 0 Å². The Bertz CT molecular complexity index is 714. The molecule has 1 aromatic carbocycles. The topological polar surface area (TPSA) is 80.3 Å². The van der Waals surface area contributed by atoms with Crippen LogP contribution in [0.5, 0.6) is 5.75 Å².